The van der Waals surface area contributed by atoms with E-state index in [-0.39, 0.29) is 17.5 Å². The van der Waals surface area contributed by atoms with Gasteiger partial charge in [-0.3, -0.25) is 0 Å². The summed E-state index contributed by atoms with van der Waals surface area (Å²) in [4.78, 5) is 4.14. The fraction of sp³-hybridized carbons (Fsp3) is 0.588. The highest BCUT2D eigenvalue weighted by Crippen LogP contribution is 2.22. The lowest BCUT2D eigenvalue weighted by Crippen LogP contribution is -2.44. The predicted octanol–water partition coefficient (Wildman–Crippen LogP) is 2.79. The van der Waals surface area contributed by atoms with Gasteiger partial charge in [-0.25, -0.2) is 8.42 Å². The largest absolute Gasteiger partial charge is 0.345 e. The number of rotatable bonds is 6. The van der Waals surface area contributed by atoms with Crippen LogP contribution in [0, 0.1) is 6.92 Å². The van der Waals surface area contributed by atoms with Crippen molar-refractivity contribution in [2.45, 2.75) is 25.8 Å². The van der Waals surface area contributed by atoms with Crippen LogP contribution < -0.4 is 5.32 Å². The number of aryl methyl sites for hydroxylation is 1. The summed E-state index contributed by atoms with van der Waals surface area (Å²) in [5.41, 5.74) is 1.82. The maximum absolute atomic E-state index is 11.9. The van der Waals surface area contributed by atoms with Crippen LogP contribution in [-0.4, -0.2) is 68.1 Å². The Morgan fingerprint density at radius 2 is 2.08 bits per heavy atom. The van der Waals surface area contributed by atoms with Crippen molar-refractivity contribution in [1.82, 2.24) is 9.80 Å². The maximum atomic E-state index is 11.9. The van der Waals surface area contributed by atoms with E-state index in [1.54, 1.807) is 0 Å². The molecule has 0 spiro atoms. The van der Waals surface area contributed by atoms with Crippen LogP contribution in [0.5, 0.6) is 0 Å². The molecule has 1 saturated heterocycles. The molecule has 1 aliphatic rings. The van der Waals surface area contributed by atoms with Gasteiger partial charge in [-0.2, -0.15) is 0 Å². The molecule has 1 fully saturated rings. The summed E-state index contributed by atoms with van der Waals surface area (Å²) >= 11 is 11.8. The third-order valence-electron chi connectivity index (χ3n) is 4.34. The standard InChI is InChI=1S/C17H26ClN3O2S2/c1-13-5-6-14(11-16(13)18)19-17(24)21(9-4-8-20(2)3)15-7-10-25(22,23)12-15/h5-6,11,15H,4,7-10,12H2,1-3H3,(H,19,24)/t15-/m0/s1. The zero-order valence-corrected chi connectivity index (χ0v) is 17.3. The van der Waals surface area contributed by atoms with Crippen molar-refractivity contribution in [3.05, 3.63) is 28.8 Å². The lowest BCUT2D eigenvalue weighted by atomic mass is 10.2. The minimum atomic E-state index is -2.96. The van der Waals surface area contributed by atoms with Crippen LogP contribution in [-0.2, 0) is 9.84 Å². The lowest BCUT2D eigenvalue weighted by molar-refractivity contribution is 0.306. The molecular weight excluding hydrogens is 378 g/mol. The molecule has 0 unspecified atom stereocenters. The number of benzene rings is 1. The number of halogens is 1. The van der Waals surface area contributed by atoms with E-state index in [4.69, 9.17) is 23.8 Å². The molecule has 1 aliphatic heterocycles. The summed E-state index contributed by atoms with van der Waals surface area (Å²) in [6.07, 6.45) is 1.54. The highest BCUT2D eigenvalue weighted by molar-refractivity contribution is 7.91. The molecule has 0 amide bonds. The molecule has 140 valence electrons. The van der Waals surface area contributed by atoms with Gasteiger partial charge in [0.2, 0.25) is 0 Å². The predicted molar refractivity (Wildman–Crippen MR) is 109 cm³/mol. The number of nitrogens with one attached hydrogen (secondary N) is 1. The van der Waals surface area contributed by atoms with Gasteiger partial charge in [-0.1, -0.05) is 17.7 Å². The van der Waals surface area contributed by atoms with Crippen molar-refractivity contribution in [2.24, 2.45) is 0 Å². The Morgan fingerprint density at radius 1 is 1.36 bits per heavy atom. The molecule has 2 rings (SSSR count). The number of anilines is 1. The van der Waals surface area contributed by atoms with Gasteiger partial charge in [0.05, 0.1) is 11.5 Å². The monoisotopic (exact) mass is 403 g/mol. The minimum Gasteiger partial charge on any atom is -0.345 e. The first-order valence-electron chi connectivity index (χ1n) is 8.37. The van der Waals surface area contributed by atoms with Crippen molar-refractivity contribution in [3.8, 4) is 0 Å². The summed E-state index contributed by atoms with van der Waals surface area (Å²) in [7, 11) is 1.08. The highest BCUT2D eigenvalue weighted by atomic mass is 35.5. The number of nitrogens with zero attached hydrogens (tertiary/aromatic N) is 2. The molecule has 8 heteroatoms. The van der Waals surface area contributed by atoms with Crippen molar-refractivity contribution in [3.63, 3.8) is 0 Å². The normalized spacial score (nSPS) is 19.2. The van der Waals surface area contributed by atoms with Crippen LogP contribution in [0.15, 0.2) is 18.2 Å². The molecule has 1 N–H and O–H groups in total. The second-order valence-corrected chi connectivity index (χ2v) is 9.82. The SMILES string of the molecule is Cc1ccc(NC(=S)N(CCCN(C)C)[C@H]2CCS(=O)(=O)C2)cc1Cl. The van der Waals surface area contributed by atoms with E-state index in [1.165, 1.54) is 0 Å². The quantitative estimate of drug-likeness (QED) is 0.737. The van der Waals surface area contributed by atoms with Crippen molar-refractivity contribution < 1.29 is 8.42 Å². The molecule has 1 aromatic rings. The smallest absolute Gasteiger partial charge is 0.173 e. The Bertz CT molecular complexity index is 723. The summed E-state index contributed by atoms with van der Waals surface area (Å²) in [6.45, 7) is 3.60. The molecule has 0 bridgehead atoms. The molecule has 0 aliphatic carbocycles. The second-order valence-electron chi connectivity index (χ2n) is 6.80. The molecular formula is C17H26ClN3O2S2. The van der Waals surface area contributed by atoms with Gasteiger partial charge < -0.3 is 15.1 Å². The Balaban J connectivity index is 2.09. The Kier molecular flexibility index (Phi) is 7.08. The van der Waals surface area contributed by atoms with E-state index in [2.05, 4.69) is 10.2 Å². The zero-order chi connectivity index (χ0) is 18.6. The van der Waals surface area contributed by atoms with E-state index in [9.17, 15) is 8.42 Å². The minimum absolute atomic E-state index is 0.0620. The van der Waals surface area contributed by atoms with Crippen LogP contribution in [0.1, 0.15) is 18.4 Å². The van der Waals surface area contributed by atoms with Gasteiger partial charge in [-0.05, 0) is 70.3 Å². The lowest BCUT2D eigenvalue weighted by Gasteiger charge is -2.31. The van der Waals surface area contributed by atoms with Gasteiger partial charge in [0.25, 0.3) is 0 Å². The Labute approximate surface area is 161 Å². The maximum Gasteiger partial charge on any atom is 0.173 e. The van der Waals surface area contributed by atoms with Gasteiger partial charge in [-0.15, -0.1) is 0 Å². The fourth-order valence-corrected chi connectivity index (χ4v) is 5.16. The second kappa shape index (κ2) is 8.66. The van der Waals surface area contributed by atoms with Crippen LogP contribution in [0.4, 0.5) is 5.69 Å². The van der Waals surface area contributed by atoms with Crippen LogP contribution in [0.3, 0.4) is 0 Å². The van der Waals surface area contributed by atoms with Gasteiger partial charge in [0, 0.05) is 23.3 Å². The van der Waals surface area contributed by atoms with Gasteiger partial charge >= 0.3 is 0 Å². The Hall–Kier alpha value is -0.890. The summed E-state index contributed by atoms with van der Waals surface area (Å²) in [5, 5.41) is 4.45. The first-order chi connectivity index (χ1) is 11.7. The molecule has 0 saturated carbocycles. The van der Waals surface area contributed by atoms with Crippen molar-refractivity contribution >= 4 is 44.5 Å². The molecule has 0 radical (unpaired) electrons. The molecule has 1 aromatic carbocycles. The van der Waals surface area contributed by atoms with E-state index >= 15 is 0 Å². The van der Waals surface area contributed by atoms with Crippen LogP contribution in [0.25, 0.3) is 0 Å². The fourth-order valence-electron chi connectivity index (χ4n) is 2.89. The third-order valence-corrected chi connectivity index (χ3v) is 6.83. The topological polar surface area (TPSA) is 52.6 Å². The van der Waals surface area contributed by atoms with Gasteiger partial charge in [0.15, 0.2) is 14.9 Å². The number of sulfone groups is 1. The molecule has 25 heavy (non-hydrogen) atoms. The number of hydrogen-bond donors (Lipinski definition) is 1. The summed E-state index contributed by atoms with van der Waals surface area (Å²) in [5.74, 6) is 0.409. The van der Waals surface area contributed by atoms with Crippen molar-refractivity contribution in [1.29, 1.82) is 0 Å². The summed E-state index contributed by atoms with van der Waals surface area (Å²) < 4.78 is 23.7. The van der Waals surface area contributed by atoms with E-state index < -0.39 is 9.84 Å². The Morgan fingerprint density at radius 3 is 2.64 bits per heavy atom. The number of hydrogen-bond acceptors (Lipinski definition) is 4. The molecule has 0 aromatic heterocycles. The zero-order valence-electron chi connectivity index (χ0n) is 15.0. The third kappa shape index (κ3) is 6.09. The van der Waals surface area contributed by atoms with E-state index in [0.29, 0.717) is 16.6 Å². The molecule has 1 heterocycles. The number of thiocarbonyl (C=S) groups is 1. The van der Waals surface area contributed by atoms with E-state index in [1.807, 2.05) is 44.1 Å². The first kappa shape index (κ1) is 20.4. The first-order valence-corrected chi connectivity index (χ1v) is 11.0. The van der Waals surface area contributed by atoms with Gasteiger partial charge in [0.1, 0.15) is 0 Å². The average Bonchev–Trinajstić information content (AvgIpc) is 2.87. The highest BCUT2D eigenvalue weighted by Gasteiger charge is 2.33. The molecule has 1 atom stereocenters. The molecule has 5 nitrogen and oxygen atoms in total. The van der Waals surface area contributed by atoms with E-state index in [0.717, 1.165) is 30.8 Å². The van der Waals surface area contributed by atoms with Crippen LogP contribution in [0.2, 0.25) is 5.02 Å². The summed E-state index contributed by atoms with van der Waals surface area (Å²) in [6, 6.07) is 5.64. The average molecular weight is 404 g/mol. The van der Waals surface area contributed by atoms with Crippen LogP contribution >= 0.6 is 23.8 Å². The van der Waals surface area contributed by atoms with Crippen molar-refractivity contribution in [2.75, 3.05) is 44.0 Å².